The van der Waals surface area contributed by atoms with Crippen LogP contribution in [0.25, 0.3) is 0 Å². The first-order valence-corrected chi connectivity index (χ1v) is 5.91. The van der Waals surface area contributed by atoms with Crippen LogP contribution in [0, 0.1) is 11.8 Å². The summed E-state index contributed by atoms with van der Waals surface area (Å²) >= 11 is 0. The van der Waals surface area contributed by atoms with Gasteiger partial charge < -0.3 is 5.32 Å². The Morgan fingerprint density at radius 3 is 2.62 bits per heavy atom. The largest absolute Gasteiger partial charge is 0.311 e. The second kappa shape index (κ2) is 4.99. The van der Waals surface area contributed by atoms with Crippen LogP contribution >= 0.6 is 0 Å². The van der Waals surface area contributed by atoms with Crippen LogP contribution < -0.4 is 5.32 Å². The summed E-state index contributed by atoms with van der Waals surface area (Å²) in [6.07, 6.45) is 5.48. The van der Waals surface area contributed by atoms with Crippen molar-refractivity contribution in [3.8, 4) is 0 Å². The Balaban J connectivity index is 2.39. The SMILES string of the molecule is CC[C@H](C)N[C@@H]1CCC[C@H](C)[C@@H]1C. The minimum atomic E-state index is 0.692. The quantitative estimate of drug-likeness (QED) is 0.708. The molecule has 13 heavy (non-hydrogen) atoms. The van der Waals surface area contributed by atoms with E-state index in [2.05, 4.69) is 33.0 Å². The van der Waals surface area contributed by atoms with Crippen molar-refractivity contribution < 1.29 is 0 Å². The monoisotopic (exact) mass is 183 g/mol. The van der Waals surface area contributed by atoms with Crippen molar-refractivity contribution in [3.63, 3.8) is 0 Å². The normalized spacial score (nSPS) is 37.4. The molecule has 1 N–H and O–H groups in total. The number of nitrogens with one attached hydrogen (secondary N) is 1. The summed E-state index contributed by atoms with van der Waals surface area (Å²) < 4.78 is 0. The lowest BCUT2D eigenvalue weighted by Gasteiger charge is -2.36. The van der Waals surface area contributed by atoms with Crippen LogP contribution in [0.5, 0.6) is 0 Å². The van der Waals surface area contributed by atoms with E-state index in [0.717, 1.165) is 17.9 Å². The van der Waals surface area contributed by atoms with Crippen LogP contribution in [-0.4, -0.2) is 12.1 Å². The third-order valence-corrected chi connectivity index (χ3v) is 3.82. The fourth-order valence-electron chi connectivity index (χ4n) is 2.30. The number of hydrogen-bond donors (Lipinski definition) is 1. The van der Waals surface area contributed by atoms with E-state index in [1.165, 1.54) is 25.7 Å². The molecular weight excluding hydrogens is 158 g/mol. The van der Waals surface area contributed by atoms with Crippen molar-refractivity contribution in [2.45, 2.75) is 65.5 Å². The lowest BCUT2D eigenvalue weighted by atomic mass is 9.78. The molecule has 1 heteroatoms. The molecule has 0 aromatic rings. The van der Waals surface area contributed by atoms with Crippen molar-refractivity contribution in [2.75, 3.05) is 0 Å². The highest BCUT2D eigenvalue weighted by Gasteiger charge is 2.27. The molecule has 0 saturated heterocycles. The minimum absolute atomic E-state index is 0.692. The molecule has 0 radical (unpaired) electrons. The zero-order valence-electron chi connectivity index (χ0n) is 9.64. The van der Waals surface area contributed by atoms with E-state index in [-0.39, 0.29) is 0 Å². The topological polar surface area (TPSA) is 12.0 Å². The lowest BCUT2D eigenvalue weighted by Crippen LogP contribution is -2.44. The van der Waals surface area contributed by atoms with Crippen molar-refractivity contribution >= 4 is 0 Å². The van der Waals surface area contributed by atoms with Gasteiger partial charge in [-0.05, 0) is 31.6 Å². The van der Waals surface area contributed by atoms with Crippen LogP contribution in [0.3, 0.4) is 0 Å². The molecule has 0 aliphatic heterocycles. The van der Waals surface area contributed by atoms with Gasteiger partial charge in [0.15, 0.2) is 0 Å². The minimum Gasteiger partial charge on any atom is -0.311 e. The van der Waals surface area contributed by atoms with E-state index in [0.29, 0.717) is 6.04 Å². The molecule has 0 aromatic heterocycles. The maximum Gasteiger partial charge on any atom is 0.00977 e. The second-order valence-corrected chi connectivity index (χ2v) is 4.85. The highest BCUT2D eigenvalue weighted by atomic mass is 15.0. The zero-order valence-corrected chi connectivity index (χ0v) is 9.64. The van der Waals surface area contributed by atoms with Gasteiger partial charge in [0.2, 0.25) is 0 Å². The summed E-state index contributed by atoms with van der Waals surface area (Å²) in [6.45, 7) is 9.36. The van der Waals surface area contributed by atoms with Gasteiger partial charge in [-0.3, -0.25) is 0 Å². The van der Waals surface area contributed by atoms with E-state index in [1.54, 1.807) is 0 Å². The van der Waals surface area contributed by atoms with Gasteiger partial charge in [-0.15, -0.1) is 0 Å². The molecule has 0 bridgehead atoms. The van der Waals surface area contributed by atoms with Gasteiger partial charge in [-0.2, -0.15) is 0 Å². The van der Waals surface area contributed by atoms with Crippen molar-refractivity contribution in [3.05, 3.63) is 0 Å². The Labute approximate surface area is 83.3 Å². The van der Waals surface area contributed by atoms with Crippen molar-refractivity contribution in [2.24, 2.45) is 11.8 Å². The van der Waals surface area contributed by atoms with Gasteiger partial charge in [0.1, 0.15) is 0 Å². The summed E-state index contributed by atoms with van der Waals surface area (Å²) in [6, 6.07) is 1.47. The van der Waals surface area contributed by atoms with E-state index >= 15 is 0 Å². The fourth-order valence-corrected chi connectivity index (χ4v) is 2.30. The summed E-state index contributed by atoms with van der Waals surface area (Å²) in [5.41, 5.74) is 0. The predicted molar refractivity (Wildman–Crippen MR) is 58.9 cm³/mol. The van der Waals surface area contributed by atoms with Crippen molar-refractivity contribution in [1.29, 1.82) is 0 Å². The van der Waals surface area contributed by atoms with Gasteiger partial charge in [-0.1, -0.05) is 33.6 Å². The molecule has 1 nitrogen and oxygen atoms in total. The maximum absolute atomic E-state index is 3.75. The van der Waals surface area contributed by atoms with Crippen LogP contribution in [0.15, 0.2) is 0 Å². The summed E-state index contributed by atoms with van der Waals surface area (Å²) in [7, 11) is 0. The molecule has 0 spiro atoms. The van der Waals surface area contributed by atoms with Gasteiger partial charge in [-0.25, -0.2) is 0 Å². The first kappa shape index (κ1) is 11.0. The standard InChI is InChI=1S/C12H25N/c1-5-10(3)13-12-8-6-7-9(2)11(12)4/h9-13H,5-8H2,1-4H3/t9-,10-,11-,12+/m0/s1. The van der Waals surface area contributed by atoms with Gasteiger partial charge >= 0.3 is 0 Å². The predicted octanol–water partition coefficient (Wildman–Crippen LogP) is 3.20. The zero-order chi connectivity index (χ0) is 9.84. The van der Waals surface area contributed by atoms with Crippen molar-refractivity contribution in [1.82, 2.24) is 5.32 Å². The Kier molecular flexibility index (Phi) is 4.24. The molecule has 0 amide bonds. The van der Waals surface area contributed by atoms with E-state index in [1.807, 2.05) is 0 Å². The molecule has 78 valence electrons. The Bertz CT molecular complexity index is 144. The van der Waals surface area contributed by atoms with Gasteiger partial charge in [0.05, 0.1) is 0 Å². The Morgan fingerprint density at radius 1 is 1.31 bits per heavy atom. The summed E-state index contributed by atoms with van der Waals surface area (Å²) in [5, 5.41) is 3.75. The average Bonchev–Trinajstić information content (AvgIpc) is 2.13. The Hall–Kier alpha value is -0.0400. The maximum atomic E-state index is 3.75. The fraction of sp³-hybridized carbons (Fsp3) is 1.00. The molecule has 1 rings (SSSR count). The third-order valence-electron chi connectivity index (χ3n) is 3.82. The van der Waals surface area contributed by atoms with Crippen LogP contribution in [0.4, 0.5) is 0 Å². The number of hydrogen-bond acceptors (Lipinski definition) is 1. The second-order valence-electron chi connectivity index (χ2n) is 4.85. The van der Waals surface area contributed by atoms with E-state index < -0.39 is 0 Å². The summed E-state index contributed by atoms with van der Waals surface area (Å²) in [5.74, 6) is 1.78. The summed E-state index contributed by atoms with van der Waals surface area (Å²) in [4.78, 5) is 0. The van der Waals surface area contributed by atoms with Crippen LogP contribution in [0.2, 0.25) is 0 Å². The first-order chi connectivity index (χ1) is 6.15. The van der Waals surface area contributed by atoms with E-state index in [4.69, 9.17) is 0 Å². The molecule has 4 atom stereocenters. The number of rotatable bonds is 3. The average molecular weight is 183 g/mol. The van der Waals surface area contributed by atoms with Gasteiger partial charge in [0.25, 0.3) is 0 Å². The molecular formula is C12H25N. The highest BCUT2D eigenvalue weighted by molar-refractivity contribution is 4.83. The van der Waals surface area contributed by atoms with E-state index in [9.17, 15) is 0 Å². The molecule has 1 aliphatic rings. The smallest absolute Gasteiger partial charge is 0.00977 e. The molecule has 1 saturated carbocycles. The lowest BCUT2D eigenvalue weighted by molar-refractivity contribution is 0.195. The van der Waals surface area contributed by atoms with Gasteiger partial charge in [0, 0.05) is 12.1 Å². The molecule has 0 heterocycles. The van der Waals surface area contributed by atoms with Crippen LogP contribution in [-0.2, 0) is 0 Å². The molecule has 0 aromatic carbocycles. The van der Waals surface area contributed by atoms with Crippen LogP contribution in [0.1, 0.15) is 53.4 Å². The molecule has 1 fully saturated rings. The Morgan fingerprint density at radius 2 is 2.00 bits per heavy atom. The third kappa shape index (κ3) is 2.98. The molecule has 0 unspecified atom stereocenters. The molecule has 1 aliphatic carbocycles. The highest BCUT2D eigenvalue weighted by Crippen LogP contribution is 2.29. The first-order valence-electron chi connectivity index (χ1n) is 5.91.